The van der Waals surface area contributed by atoms with E-state index in [9.17, 15) is 9.18 Å². The Balaban J connectivity index is 1.56. The summed E-state index contributed by atoms with van der Waals surface area (Å²) in [5.41, 5.74) is 4.23. The first-order valence-corrected chi connectivity index (χ1v) is 11.2. The Bertz CT molecular complexity index is 1040. The van der Waals surface area contributed by atoms with Crippen LogP contribution in [0.5, 0.6) is 0 Å². The molecular formula is C27H30FNO2. The predicted octanol–water partition coefficient (Wildman–Crippen LogP) is 5.51. The Morgan fingerprint density at radius 3 is 2.52 bits per heavy atom. The molecule has 0 saturated heterocycles. The van der Waals surface area contributed by atoms with Crippen LogP contribution in [0.4, 0.5) is 4.39 Å². The molecule has 0 aliphatic heterocycles. The van der Waals surface area contributed by atoms with Gasteiger partial charge in [0.15, 0.2) is 0 Å². The molecule has 0 amide bonds. The maximum Gasteiger partial charge on any atom is 0.341 e. The van der Waals surface area contributed by atoms with E-state index in [2.05, 4.69) is 49.2 Å². The van der Waals surface area contributed by atoms with E-state index < -0.39 is 11.8 Å². The number of esters is 1. The molecule has 0 bridgehead atoms. The molecule has 31 heavy (non-hydrogen) atoms. The molecule has 1 atom stereocenters. The van der Waals surface area contributed by atoms with Crippen molar-refractivity contribution < 1.29 is 13.9 Å². The molecule has 162 valence electrons. The Hall–Kier alpha value is -2.64. The molecule has 1 N–H and O–H groups in total. The largest absolute Gasteiger partial charge is 0.462 e. The topological polar surface area (TPSA) is 38.3 Å². The highest BCUT2D eigenvalue weighted by atomic mass is 19.1. The maximum absolute atomic E-state index is 14.3. The fourth-order valence-electron chi connectivity index (χ4n) is 4.27. The maximum atomic E-state index is 14.3. The van der Waals surface area contributed by atoms with Crippen LogP contribution in [0.3, 0.4) is 0 Å². The fraction of sp³-hybridized carbons (Fsp3) is 0.444. The van der Waals surface area contributed by atoms with Gasteiger partial charge in [0, 0.05) is 17.2 Å². The van der Waals surface area contributed by atoms with Gasteiger partial charge in [0.25, 0.3) is 0 Å². The van der Waals surface area contributed by atoms with Crippen LogP contribution in [0, 0.1) is 23.6 Å². The van der Waals surface area contributed by atoms with E-state index in [1.807, 2.05) is 0 Å². The number of carbonyl (C=O) groups excluding carboxylic acids is 1. The number of nitrogens with one attached hydrogen (secondary N) is 1. The predicted molar refractivity (Wildman–Crippen MR) is 121 cm³/mol. The van der Waals surface area contributed by atoms with Crippen molar-refractivity contribution in [2.45, 2.75) is 57.9 Å². The smallest absolute Gasteiger partial charge is 0.341 e. The minimum Gasteiger partial charge on any atom is -0.462 e. The van der Waals surface area contributed by atoms with Gasteiger partial charge in [-0.2, -0.15) is 0 Å². The second-order valence-corrected chi connectivity index (χ2v) is 9.29. The quantitative estimate of drug-likeness (QED) is 0.513. The van der Waals surface area contributed by atoms with E-state index in [1.54, 1.807) is 13.0 Å². The number of halogens is 1. The molecule has 0 aromatic heterocycles. The lowest BCUT2D eigenvalue weighted by molar-refractivity contribution is 0.0521. The van der Waals surface area contributed by atoms with Crippen molar-refractivity contribution in [2.75, 3.05) is 13.2 Å². The van der Waals surface area contributed by atoms with Gasteiger partial charge < -0.3 is 10.1 Å². The summed E-state index contributed by atoms with van der Waals surface area (Å²) in [6.45, 7) is 7.61. The van der Waals surface area contributed by atoms with E-state index in [0.29, 0.717) is 11.6 Å². The minimum absolute atomic E-state index is 0.0623. The van der Waals surface area contributed by atoms with Crippen molar-refractivity contribution in [1.82, 2.24) is 5.32 Å². The number of ether oxygens (including phenoxy) is 1. The van der Waals surface area contributed by atoms with Crippen molar-refractivity contribution in [3.8, 4) is 11.8 Å². The van der Waals surface area contributed by atoms with E-state index in [4.69, 9.17) is 4.74 Å². The molecule has 0 heterocycles. The summed E-state index contributed by atoms with van der Waals surface area (Å²) >= 11 is 0. The lowest BCUT2D eigenvalue weighted by Crippen LogP contribution is -2.33. The Labute approximate surface area is 184 Å². The Morgan fingerprint density at radius 1 is 1.13 bits per heavy atom. The molecule has 3 nitrogen and oxygen atoms in total. The van der Waals surface area contributed by atoms with Crippen molar-refractivity contribution in [3.63, 3.8) is 0 Å². The summed E-state index contributed by atoms with van der Waals surface area (Å²) in [7, 11) is 0. The summed E-state index contributed by atoms with van der Waals surface area (Å²) in [5, 5.41) is 3.77. The van der Waals surface area contributed by atoms with Gasteiger partial charge in [-0.1, -0.05) is 31.8 Å². The lowest BCUT2D eigenvalue weighted by Gasteiger charge is -2.37. The van der Waals surface area contributed by atoms with E-state index in [-0.39, 0.29) is 17.6 Å². The number of carbonyl (C=O) groups is 1. The molecular weight excluding hydrogens is 389 g/mol. The first-order chi connectivity index (χ1) is 14.9. The molecule has 4 rings (SSSR count). The van der Waals surface area contributed by atoms with Gasteiger partial charge in [0.1, 0.15) is 5.82 Å². The number of hydrogen-bond acceptors (Lipinski definition) is 3. The monoisotopic (exact) mass is 419 g/mol. The van der Waals surface area contributed by atoms with Gasteiger partial charge in [0.05, 0.1) is 12.2 Å². The molecule has 2 aliphatic carbocycles. The van der Waals surface area contributed by atoms with Gasteiger partial charge in [-0.3, -0.25) is 0 Å². The zero-order valence-electron chi connectivity index (χ0n) is 18.6. The van der Waals surface area contributed by atoms with Crippen LogP contribution >= 0.6 is 0 Å². The summed E-state index contributed by atoms with van der Waals surface area (Å²) in [6, 6.07) is 11.2. The highest BCUT2D eigenvalue weighted by Crippen LogP contribution is 2.42. The normalized spacial score (nSPS) is 19.2. The molecule has 1 saturated carbocycles. The van der Waals surface area contributed by atoms with Gasteiger partial charge >= 0.3 is 5.97 Å². The molecule has 2 aromatic rings. The number of fused-ring (bicyclic) bond motifs is 1. The highest BCUT2D eigenvalue weighted by Gasteiger charge is 2.33. The summed E-state index contributed by atoms with van der Waals surface area (Å²) in [6.07, 6.45) is 5.01. The van der Waals surface area contributed by atoms with Crippen molar-refractivity contribution >= 4 is 5.97 Å². The van der Waals surface area contributed by atoms with Crippen molar-refractivity contribution in [3.05, 3.63) is 70.0 Å². The molecule has 2 aliphatic rings. The van der Waals surface area contributed by atoms with Crippen LogP contribution in [0.1, 0.15) is 85.1 Å². The molecule has 4 heteroatoms. The first-order valence-electron chi connectivity index (χ1n) is 11.2. The molecule has 1 fully saturated rings. The Morgan fingerprint density at radius 2 is 1.84 bits per heavy atom. The number of hydrogen-bond donors (Lipinski definition) is 1. The van der Waals surface area contributed by atoms with Crippen LogP contribution in [0.2, 0.25) is 0 Å². The van der Waals surface area contributed by atoms with Crippen LogP contribution in [0.25, 0.3) is 0 Å². The van der Waals surface area contributed by atoms with Crippen molar-refractivity contribution in [2.24, 2.45) is 5.92 Å². The lowest BCUT2D eigenvalue weighted by atomic mass is 9.70. The molecule has 1 unspecified atom stereocenters. The zero-order valence-corrected chi connectivity index (χ0v) is 18.6. The second-order valence-electron chi connectivity index (χ2n) is 9.29. The SMILES string of the molecule is CCOC(=O)c1ccc(C#Cc2ccc3c(c2)C(C)(C)CCC3NCC2CC2)cc1F. The summed E-state index contributed by atoms with van der Waals surface area (Å²) in [5.74, 6) is 5.81. The van der Waals surface area contributed by atoms with E-state index in [0.717, 1.165) is 30.9 Å². The average Bonchev–Trinajstić information content (AvgIpc) is 3.56. The van der Waals surface area contributed by atoms with Gasteiger partial charge in [0.2, 0.25) is 0 Å². The average molecular weight is 420 g/mol. The van der Waals surface area contributed by atoms with E-state index >= 15 is 0 Å². The summed E-state index contributed by atoms with van der Waals surface area (Å²) in [4.78, 5) is 11.8. The van der Waals surface area contributed by atoms with E-state index in [1.165, 1.54) is 36.1 Å². The number of rotatable bonds is 5. The third-order valence-corrected chi connectivity index (χ3v) is 6.38. The fourth-order valence-corrected chi connectivity index (χ4v) is 4.27. The molecule has 0 radical (unpaired) electrons. The van der Waals surface area contributed by atoms with Crippen LogP contribution in [-0.4, -0.2) is 19.1 Å². The van der Waals surface area contributed by atoms with Gasteiger partial charge in [-0.25, -0.2) is 9.18 Å². The standard InChI is InChI=1S/C27H30FNO2/c1-4-31-26(30)22-12-10-19(16-24(22)28)6-5-18-9-11-21-23(15-18)27(2,3)14-13-25(21)29-17-20-7-8-20/h9-12,15-16,20,25,29H,4,7-8,13-14,17H2,1-3H3. The van der Waals surface area contributed by atoms with Crippen LogP contribution in [0.15, 0.2) is 36.4 Å². The summed E-state index contributed by atoms with van der Waals surface area (Å²) < 4.78 is 19.2. The van der Waals surface area contributed by atoms with Crippen LogP contribution in [-0.2, 0) is 10.2 Å². The van der Waals surface area contributed by atoms with Crippen molar-refractivity contribution in [1.29, 1.82) is 0 Å². The third kappa shape index (κ3) is 4.99. The third-order valence-electron chi connectivity index (χ3n) is 6.38. The second kappa shape index (κ2) is 8.85. The Kier molecular flexibility index (Phi) is 6.16. The van der Waals surface area contributed by atoms with Gasteiger partial charge in [-0.05, 0) is 91.9 Å². The molecule has 2 aromatic carbocycles. The first kappa shape index (κ1) is 21.6. The van der Waals surface area contributed by atoms with Gasteiger partial charge in [-0.15, -0.1) is 0 Å². The molecule has 0 spiro atoms. The highest BCUT2D eigenvalue weighted by molar-refractivity contribution is 5.89. The zero-order chi connectivity index (χ0) is 22.0. The van der Waals surface area contributed by atoms with Crippen LogP contribution < -0.4 is 5.32 Å². The minimum atomic E-state index is -0.652. The number of benzene rings is 2.